The largest absolute Gasteiger partial charge is 0.462 e. The molecule has 6 heteroatoms. The SMILES string of the molecule is CC(=O)O[C@H]1CC[C@]2(C)[C@H]3CC[C@@H]4C5=C(C(C)C)C(=O)C[C@]5(C(=O)NN)CC[C@@]4(C)[C@]3(C)CC[C@H]2C1(C)C. The topological polar surface area (TPSA) is 98.5 Å². The number of nitrogens with one attached hydrogen (secondary N) is 1. The van der Waals surface area contributed by atoms with Gasteiger partial charge in [0, 0.05) is 18.8 Å². The van der Waals surface area contributed by atoms with Crippen molar-refractivity contribution in [3.05, 3.63) is 11.1 Å². The number of ketones is 1. The molecular formula is C32H50N2O4. The number of carbonyl (C=O) groups excluding carboxylic acids is 3. The van der Waals surface area contributed by atoms with Crippen LogP contribution in [0.15, 0.2) is 11.1 Å². The van der Waals surface area contributed by atoms with Gasteiger partial charge in [-0.2, -0.15) is 0 Å². The van der Waals surface area contributed by atoms with E-state index >= 15 is 0 Å². The highest BCUT2D eigenvalue weighted by Gasteiger charge is 2.71. The van der Waals surface area contributed by atoms with Crippen molar-refractivity contribution in [1.82, 2.24) is 5.43 Å². The van der Waals surface area contributed by atoms with Gasteiger partial charge in [-0.25, -0.2) is 5.84 Å². The molecule has 0 aliphatic heterocycles. The first-order valence-corrected chi connectivity index (χ1v) is 15.1. The Morgan fingerprint density at radius 2 is 1.61 bits per heavy atom. The van der Waals surface area contributed by atoms with Crippen LogP contribution in [0.5, 0.6) is 0 Å². The fourth-order valence-corrected chi connectivity index (χ4v) is 11.4. The van der Waals surface area contributed by atoms with E-state index < -0.39 is 5.41 Å². The number of nitrogens with two attached hydrogens (primary N) is 1. The van der Waals surface area contributed by atoms with Crippen molar-refractivity contribution in [3.8, 4) is 0 Å². The Balaban J connectivity index is 1.57. The van der Waals surface area contributed by atoms with E-state index in [1.165, 1.54) is 6.92 Å². The molecule has 0 saturated heterocycles. The summed E-state index contributed by atoms with van der Waals surface area (Å²) in [6.45, 7) is 17.9. The molecule has 0 bridgehead atoms. The third-order valence-corrected chi connectivity index (χ3v) is 13.2. The Labute approximate surface area is 229 Å². The molecule has 0 spiro atoms. The maximum Gasteiger partial charge on any atom is 0.302 e. The number of carbonyl (C=O) groups is 3. The third-order valence-electron chi connectivity index (χ3n) is 13.2. The highest BCUT2D eigenvalue weighted by atomic mass is 16.5. The van der Waals surface area contributed by atoms with Gasteiger partial charge in [0.2, 0.25) is 5.91 Å². The maximum atomic E-state index is 13.5. The van der Waals surface area contributed by atoms with Crippen molar-refractivity contribution in [1.29, 1.82) is 0 Å². The minimum absolute atomic E-state index is 0.0131. The Bertz CT molecular complexity index is 1090. The molecule has 1 amide bonds. The fourth-order valence-electron chi connectivity index (χ4n) is 11.4. The van der Waals surface area contributed by atoms with Crippen LogP contribution in [-0.4, -0.2) is 23.8 Å². The van der Waals surface area contributed by atoms with E-state index in [0.29, 0.717) is 18.3 Å². The lowest BCUT2D eigenvalue weighted by Crippen LogP contribution is -2.66. The minimum Gasteiger partial charge on any atom is -0.462 e. The molecule has 5 aliphatic rings. The van der Waals surface area contributed by atoms with E-state index in [9.17, 15) is 14.4 Å². The summed E-state index contributed by atoms with van der Waals surface area (Å²) >= 11 is 0. The minimum atomic E-state index is -0.774. The second kappa shape index (κ2) is 8.65. The van der Waals surface area contributed by atoms with E-state index in [1.54, 1.807) is 0 Å². The van der Waals surface area contributed by atoms with Crippen LogP contribution in [0.3, 0.4) is 0 Å². The number of ether oxygens (including phenoxy) is 1. The van der Waals surface area contributed by atoms with E-state index in [0.717, 1.165) is 56.1 Å². The van der Waals surface area contributed by atoms with Crippen LogP contribution in [0.4, 0.5) is 0 Å². The second-order valence-electron chi connectivity index (χ2n) is 15.2. The summed E-state index contributed by atoms with van der Waals surface area (Å²) in [5.74, 6) is 6.93. The van der Waals surface area contributed by atoms with Crippen LogP contribution in [0.25, 0.3) is 0 Å². The molecule has 4 fully saturated rings. The van der Waals surface area contributed by atoms with Gasteiger partial charge in [-0.15, -0.1) is 0 Å². The number of fused-ring (bicyclic) bond motifs is 7. The van der Waals surface area contributed by atoms with Gasteiger partial charge in [-0.05, 0) is 102 Å². The van der Waals surface area contributed by atoms with E-state index in [4.69, 9.17) is 10.6 Å². The molecule has 0 heterocycles. The van der Waals surface area contributed by atoms with Crippen LogP contribution in [0.2, 0.25) is 0 Å². The average molecular weight is 527 g/mol. The fraction of sp³-hybridized carbons (Fsp3) is 0.844. The molecular weight excluding hydrogens is 476 g/mol. The normalized spacial score (nSPS) is 45.6. The molecule has 6 nitrogen and oxygen atoms in total. The molecule has 212 valence electrons. The van der Waals surface area contributed by atoms with Crippen LogP contribution in [0.1, 0.15) is 113 Å². The number of allylic oxidation sites excluding steroid dienone is 1. The molecule has 38 heavy (non-hydrogen) atoms. The monoisotopic (exact) mass is 526 g/mol. The van der Waals surface area contributed by atoms with Gasteiger partial charge in [0.1, 0.15) is 6.10 Å². The zero-order valence-corrected chi connectivity index (χ0v) is 25.0. The van der Waals surface area contributed by atoms with Gasteiger partial charge in [-0.3, -0.25) is 19.8 Å². The van der Waals surface area contributed by atoms with Gasteiger partial charge < -0.3 is 4.74 Å². The van der Waals surface area contributed by atoms with Crippen LogP contribution in [-0.2, 0) is 19.1 Å². The van der Waals surface area contributed by atoms with Crippen LogP contribution in [0, 0.1) is 50.7 Å². The molecule has 4 saturated carbocycles. The highest BCUT2D eigenvalue weighted by molar-refractivity contribution is 6.06. The van der Waals surface area contributed by atoms with E-state index in [-0.39, 0.29) is 63.7 Å². The summed E-state index contributed by atoms with van der Waals surface area (Å²) in [7, 11) is 0. The summed E-state index contributed by atoms with van der Waals surface area (Å²) in [4.78, 5) is 38.8. The summed E-state index contributed by atoms with van der Waals surface area (Å²) in [5.41, 5.74) is 3.96. The molecule has 5 aliphatic carbocycles. The summed E-state index contributed by atoms with van der Waals surface area (Å²) in [6.07, 6.45) is 8.28. The number of hydrogen-bond donors (Lipinski definition) is 2. The molecule has 5 rings (SSSR count). The van der Waals surface area contributed by atoms with Crippen molar-refractivity contribution in [2.45, 2.75) is 119 Å². The molecule has 3 N–H and O–H groups in total. The van der Waals surface area contributed by atoms with Gasteiger partial charge in [-0.1, -0.05) is 48.5 Å². The van der Waals surface area contributed by atoms with Crippen molar-refractivity contribution in [2.24, 2.45) is 56.6 Å². The lowest BCUT2D eigenvalue weighted by molar-refractivity contribution is -0.232. The zero-order valence-electron chi connectivity index (χ0n) is 25.0. The smallest absolute Gasteiger partial charge is 0.302 e. The van der Waals surface area contributed by atoms with Gasteiger partial charge in [0.05, 0.1) is 5.41 Å². The van der Waals surface area contributed by atoms with Crippen molar-refractivity contribution >= 4 is 17.7 Å². The Kier molecular flexibility index (Phi) is 6.34. The van der Waals surface area contributed by atoms with Crippen LogP contribution < -0.4 is 11.3 Å². The third kappa shape index (κ3) is 3.37. The van der Waals surface area contributed by atoms with E-state index in [1.807, 2.05) is 0 Å². The summed E-state index contributed by atoms with van der Waals surface area (Å²) in [5, 5.41) is 0. The number of rotatable bonds is 3. The zero-order chi connectivity index (χ0) is 28.1. The number of hydrazine groups is 1. The number of esters is 1. The molecule has 0 aromatic rings. The molecule has 8 atom stereocenters. The first-order chi connectivity index (χ1) is 17.6. The summed E-state index contributed by atoms with van der Waals surface area (Å²) in [6, 6.07) is 0. The molecule has 0 aromatic carbocycles. The summed E-state index contributed by atoms with van der Waals surface area (Å²) < 4.78 is 5.88. The molecule has 0 unspecified atom stereocenters. The highest BCUT2D eigenvalue weighted by Crippen LogP contribution is 2.76. The number of amides is 1. The quantitative estimate of drug-likeness (QED) is 0.207. The lowest BCUT2D eigenvalue weighted by Gasteiger charge is -2.72. The molecule has 0 aromatic heterocycles. The standard InChI is InChI=1S/C32H50N2O4/c1-18(2)25-21(36)17-32(27(37)34-33)16-15-30(7)20(26(25)32)9-10-23-29(6)13-12-24(38-19(3)35)28(4,5)22(29)11-14-31(23,30)8/h18,20,22-24H,9-17,33H2,1-8H3,(H,34,37)/t20-,22+,23-,24+,29+,30-,31-,32-/m1/s1. The Hall–Kier alpha value is -1.69. The van der Waals surface area contributed by atoms with Crippen molar-refractivity contribution in [2.75, 3.05) is 0 Å². The van der Waals surface area contributed by atoms with Crippen molar-refractivity contribution < 1.29 is 19.1 Å². The maximum absolute atomic E-state index is 13.5. The first-order valence-electron chi connectivity index (χ1n) is 15.1. The van der Waals surface area contributed by atoms with Crippen molar-refractivity contribution in [3.63, 3.8) is 0 Å². The first kappa shape index (κ1) is 27.9. The predicted molar refractivity (Wildman–Crippen MR) is 147 cm³/mol. The van der Waals surface area contributed by atoms with Gasteiger partial charge >= 0.3 is 5.97 Å². The Morgan fingerprint density at radius 1 is 0.921 bits per heavy atom. The van der Waals surface area contributed by atoms with E-state index in [2.05, 4.69) is 53.9 Å². The van der Waals surface area contributed by atoms with Gasteiger partial charge in [0.25, 0.3) is 0 Å². The second-order valence-corrected chi connectivity index (χ2v) is 15.2. The lowest BCUT2D eigenvalue weighted by atomic mass is 9.33. The van der Waals surface area contributed by atoms with Crippen LogP contribution >= 0.6 is 0 Å². The average Bonchev–Trinajstić information content (AvgIpc) is 3.14. The Morgan fingerprint density at radius 3 is 2.21 bits per heavy atom. The van der Waals surface area contributed by atoms with Gasteiger partial charge in [0.15, 0.2) is 5.78 Å². The molecule has 0 radical (unpaired) electrons. The number of Topliss-reactive ketones (excluding diaryl/α,β-unsaturated/α-hetero) is 1. The number of hydrogen-bond acceptors (Lipinski definition) is 5. The predicted octanol–water partition coefficient (Wildman–Crippen LogP) is 5.89.